The van der Waals surface area contributed by atoms with Crippen molar-refractivity contribution < 1.29 is 4.74 Å². The summed E-state index contributed by atoms with van der Waals surface area (Å²) in [6.07, 6.45) is 0. The van der Waals surface area contributed by atoms with Gasteiger partial charge in [-0.25, -0.2) is 4.98 Å². The number of ether oxygens (including phenoxy) is 1. The summed E-state index contributed by atoms with van der Waals surface area (Å²) >= 11 is 9.43. The highest BCUT2D eigenvalue weighted by Gasteiger charge is 2.15. The summed E-state index contributed by atoms with van der Waals surface area (Å²) < 4.78 is 8.38. The second kappa shape index (κ2) is 5.38. The van der Waals surface area contributed by atoms with Crippen molar-refractivity contribution >= 4 is 38.6 Å². The van der Waals surface area contributed by atoms with E-state index in [-0.39, 0.29) is 6.04 Å². The summed E-state index contributed by atoms with van der Waals surface area (Å²) in [6, 6.07) is 6.25. The highest BCUT2D eigenvalue weighted by molar-refractivity contribution is 9.10. The van der Waals surface area contributed by atoms with Gasteiger partial charge in [0.25, 0.3) is 0 Å². The van der Waals surface area contributed by atoms with Crippen molar-refractivity contribution in [3.8, 4) is 0 Å². The van der Waals surface area contributed by atoms with Gasteiger partial charge in [0.1, 0.15) is 5.82 Å². The fraction of sp³-hybridized carbons (Fsp3) is 0.417. The molecule has 1 aromatic heterocycles. The van der Waals surface area contributed by atoms with Crippen molar-refractivity contribution in [1.29, 1.82) is 0 Å². The number of imidazole rings is 1. The van der Waals surface area contributed by atoms with Crippen LogP contribution in [0.2, 0.25) is 0 Å². The van der Waals surface area contributed by atoms with E-state index in [1.807, 2.05) is 12.1 Å². The number of rotatable bonds is 4. The second-order valence-electron chi connectivity index (χ2n) is 3.97. The second-order valence-corrected chi connectivity index (χ2v) is 5.15. The van der Waals surface area contributed by atoms with Crippen molar-refractivity contribution in [2.24, 2.45) is 0 Å². The molecule has 1 aromatic carbocycles. The van der Waals surface area contributed by atoms with Crippen molar-refractivity contribution in [1.82, 2.24) is 9.55 Å². The van der Waals surface area contributed by atoms with Crippen LogP contribution >= 0.6 is 27.5 Å². The van der Waals surface area contributed by atoms with Crippen LogP contribution in [0.3, 0.4) is 0 Å². The van der Waals surface area contributed by atoms with E-state index < -0.39 is 0 Å². The van der Waals surface area contributed by atoms with Gasteiger partial charge in [-0.05, 0) is 25.1 Å². The first-order valence-corrected chi connectivity index (χ1v) is 6.71. The highest BCUT2D eigenvalue weighted by atomic mass is 79.9. The molecule has 0 radical (unpaired) electrons. The molecular weight excluding hydrogens is 304 g/mol. The van der Waals surface area contributed by atoms with Gasteiger partial charge in [0.05, 0.1) is 29.6 Å². The molecule has 0 saturated heterocycles. The molecule has 0 amide bonds. The first-order chi connectivity index (χ1) is 8.17. The summed E-state index contributed by atoms with van der Waals surface area (Å²) in [7, 11) is 1.70. The third-order valence-electron chi connectivity index (χ3n) is 2.69. The lowest BCUT2D eigenvalue weighted by molar-refractivity contribution is 0.163. The van der Waals surface area contributed by atoms with E-state index in [2.05, 4.69) is 38.5 Å². The summed E-state index contributed by atoms with van der Waals surface area (Å²) in [5, 5.41) is 0. The van der Waals surface area contributed by atoms with Crippen molar-refractivity contribution in [2.75, 3.05) is 13.7 Å². The number of hydrogen-bond donors (Lipinski definition) is 0. The van der Waals surface area contributed by atoms with Gasteiger partial charge in [-0.15, -0.1) is 11.6 Å². The Labute approximate surface area is 114 Å². The van der Waals surface area contributed by atoms with E-state index in [0.29, 0.717) is 12.5 Å². The Kier molecular flexibility index (Phi) is 4.07. The van der Waals surface area contributed by atoms with Crippen molar-refractivity contribution in [2.45, 2.75) is 18.8 Å². The quantitative estimate of drug-likeness (QED) is 0.803. The zero-order valence-electron chi connectivity index (χ0n) is 9.78. The Morgan fingerprint density at radius 2 is 2.29 bits per heavy atom. The smallest absolute Gasteiger partial charge is 0.125 e. The van der Waals surface area contributed by atoms with Crippen LogP contribution in [-0.4, -0.2) is 23.3 Å². The Hall–Kier alpha value is -0.580. The number of benzene rings is 1. The largest absolute Gasteiger partial charge is 0.383 e. The minimum absolute atomic E-state index is 0.216. The van der Waals surface area contributed by atoms with Gasteiger partial charge in [0.2, 0.25) is 0 Å². The number of methoxy groups -OCH3 is 1. The molecule has 0 fully saturated rings. The third kappa shape index (κ3) is 2.49. The van der Waals surface area contributed by atoms with Crippen LogP contribution in [0.4, 0.5) is 0 Å². The zero-order chi connectivity index (χ0) is 12.4. The molecule has 1 atom stereocenters. The SMILES string of the molecule is COCC(C)n1c(CCl)nc2ccc(Br)cc21. The molecule has 0 spiro atoms. The number of halogens is 2. The number of alkyl halides is 1. The zero-order valence-corrected chi connectivity index (χ0v) is 12.1. The molecule has 17 heavy (non-hydrogen) atoms. The highest BCUT2D eigenvalue weighted by Crippen LogP contribution is 2.25. The molecule has 0 N–H and O–H groups in total. The van der Waals surface area contributed by atoms with Gasteiger partial charge >= 0.3 is 0 Å². The average molecular weight is 318 g/mol. The van der Waals surface area contributed by atoms with E-state index in [1.165, 1.54) is 0 Å². The minimum atomic E-state index is 0.216. The van der Waals surface area contributed by atoms with E-state index in [4.69, 9.17) is 16.3 Å². The monoisotopic (exact) mass is 316 g/mol. The van der Waals surface area contributed by atoms with Gasteiger partial charge in [-0.1, -0.05) is 15.9 Å². The van der Waals surface area contributed by atoms with Crippen LogP contribution in [0.1, 0.15) is 18.8 Å². The van der Waals surface area contributed by atoms with E-state index in [1.54, 1.807) is 7.11 Å². The molecule has 5 heteroatoms. The third-order valence-corrected chi connectivity index (χ3v) is 3.43. The van der Waals surface area contributed by atoms with Crippen LogP contribution in [0.5, 0.6) is 0 Å². The molecule has 1 unspecified atom stereocenters. The molecule has 1 heterocycles. The summed E-state index contributed by atoms with van der Waals surface area (Å²) in [5.41, 5.74) is 2.05. The first kappa shape index (κ1) is 12.9. The molecule has 2 aromatic rings. The predicted molar refractivity (Wildman–Crippen MR) is 73.6 cm³/mol. The van der Waals surface area contributed by atoms with Crippen LogP contribution in [0.15, 0.2) is 22.7 Å². The minimum Gasteiger partial charge on any atom is -0.383 e. The Morgan fingerprint density at radius 1 is 1.53 bits per heavy atom. The standard InChI is InChI=1S/C12H14BrClN2O/c1-8(7-17-2)16-11-5-9(13)3-4-10(11)15-12(16)6-14/h3-5,8H,6-7H2,1-2H3. The topological polar surface area (TPSA) is 27.1 Å². The number of fused-ring (bicyclic) bond motifs is 1. The average Bonchev–Trinajstić information content (AvgIpc) is 2.66. The maximum Gasteiger partial charge on any atom is 0.125 e. The van der Waals surface area contributed by atoms with Crippen LogP contribution in [-0.2, 0) is 10.6 Å². The lowest BCUT2D eigenvalue weighted by Crippen LogP contribution is -2.13. The Balaban J connectivity index is 2.60. The lowest BCUT2D eigenvalue weighted by atomic mass is 10.3. The molecule has 0 saturated carbocycles. The molecule has 0 aliphatic carbocycles. The Bertz CT molecular complexity index is 526. The van der Waals surface area contributed by atoms with Crippen LogP contribution < -0.4 is 0 Å². The normalized spacial score (nSPS) is 13.2. The summed E-state index contributed by atoms with van der Waals surface area (Å²) in [5.74, 6) is 1.28. The van der Waals surface area contributed by atoms with Crippen molar-refractivity contribution in [3.63, 3.8) is 0 Å². The van der Waals surface area contributed by atoms with Crippen molar-refractivity contribution in [3.05, 3.63) is 28.5 Å². The van der Waals surface area contributed by atoms with Crippen LogP contribution in [0, 0.1) is 0 Å². The lowest BCUT2D eigenvalue weighted by Gasteiger charge is -2.15. The van der Waals surface area contributed by atoms with Gasteiger partial charge in [-0.2, -0.15) is 0 Å². The fourth-order valence-corrected chi connectivity index (χ4v) is 2.56. The van der Waals surface area contributed by atoms with E-state index in [0.717, 1.165) is 21.3 Å². The van der Waals surface area contributed by atoms with Gasteiger partial charge < -0.3 is 9.30 Å². The molecule has 0 aliphatic heterocycles. The molecule has 3 nitrogen and oxygen atoms in total. The predicted octanol–water partition coefficient (Wildman–Crippen LogP) is 3.75. The molecule has 2 rings (SSSR count). The fourth-order valence-electron chi connectivity index (χ4n) is 2.02. The number of hydrogen-bond acceptors (Lipinski definition) is 2. The molecule has 0 bridgehead atoms. The summed E-state index contributed by atoms with van der Waals surface area (Å²) in [4.78, 5) is 4.53. The van der Waals surface area contributed by atoms with Gasteiger partial charge in [0, 0.05) is 11.6 Å². The van der Waals surface area contributed by atoms with E-state index in [9.17, 15) is 0 Å². The van der Waals surface area contributed by atoms with Gasteiger partial charge in [-0.3, -0.25) is 0 Å². The van der Waals surface area contributed by atoms with Gasteiger partial charge in [0.15, 0.2) is 0 Å². The van der Waals surface area contributed by atoms with Crippen LogP contribution in [0.25, 0.3) is 11.0 Å². The first-order valence-electron chi connectivity index (χ1n) is 5.38. The van der Waals surface area contributed by atoms with E-state index >= 15 is 0 Å². The number of nitrogens with zero attached hydrogens (tertiary/aromatic N) is 2. The number of aromatic nitrogens is 2. The maximum absolute atomic E-state index is 5.95. The Morgan fingerprint density at radius 3 is 2.94 bits per heavy atom. The maximum atomic E-state index is 5.95. The summed E-state index contributed by atoms with van der Waals surface area (Å²) in [6.45, 7) is 2.74. The molecule has 0 aliphatic rings. The molecular formula is C12H14BrClN2O. The molecule has 92 valence electrons.